The maximum atomic E-state index is 5.67. The maximum absolute atomic E-state index is 5.67. The first-order chi connectivity index (χ1) is 6.79. The minimum atomic E-state index is 0.491. The van der Waals surface area contributed by atoms with Gasteiger partial charge >= 0.3 is 0 Å². The highest BCUT2D eigenvalue weighted by Gasteiger charge is 1.99. The van der Waals surface area contributed by atoms with Crippen LogP contribution in [0.5, 0.6) is 0 Å². The average molecular weight is 208 g/mol. The first kappa shape index (κ1) is 9.21. The van der Waals surface area contributed by atoms with E-state index in [0.717, 1.165) is 17.1 Å². The van der Waals surface area contributed by atoms with Crippen LogP contribution in [0.25, 0.3) is 5.82 Å². The third-order valence-corrected chi connectivity index (χ3v) is 2.23. The van der Waals surface area contributed by atoms with E-state index in [-0.39, 0.29) is 0 Å². The van der Waals surface area contributed by atoms with Gasteiger partial charge < -0.3 is 0 Å². The van der Waals surface area contributed by atoms with Crippen molar-refractivity contribution in [1.29, 1.82) is 0 Å². The molecule has 14 heavy (non-hydrogen) atoms. The Morgan fingerprint density at radius 2 is 2.21 bits per heavy atom. The molecule has 0 aliphatic carbocycles. The molecule has 0 unspecified atom stereocenters. The zero-order valence-corrected chi connectivity index (χ0v) is 8.57. The molecule has 0 aliphatic rings. The molecule has 0 spiro atoms. The molecule has 0 aliphatic heterocycles. The number of hydrogen-bond donors (Lipinski definition) is 0. The number of aryl methyl sites for hydroxylation is 1. The summed E-state index contributed by atoms with van der Waals surface area (Å²) in [5, 5.41) is 4.26. The predicted molar refractivity (Wildman–Crippen MR) is 55.7 cm³/mol. The number of rotatable bonds is 2. The molecular formula is C10H10ClN3. The minimum Gasteiger partial charge on any atom is -0.237 e. The Hall–Kier alpha value is -1.35. The lowest BCUT2D eigenvalue weighted by Gasteiger charge is -2.00. The van der Waals surface area contributed by atoms with E-state index in [9.17, 15) is 0 Å². The Morgan fingerprint density at radius 1 is 1.36 bits per heavy atom. The summed E-state index contributed by atoms with van der Waals surface area (Å²) >= 11 is 5.67. The molecule has 4 heteroatoms. The van der Waals surface area contributed by atoms with Gasteiger partial charge in [0.25, 0.3) is 0 Å². The van der Waals surface area contributed by atoms with Gasteiger partial charge in [0.15, 0.2) is 5.82 Å². The summed E-state index contributed by atoms with van der Waals surface area (Å²) in [6.07, 6.45) is 3.65. The molecule has 0 radical (unpaired) electrons. The van der Waals surface area contributed by atoms with Crippen molar-refractivity contribution in [2.45, 2.75) is 12.8 Å². The second-order valence-corrected chi connectivity index (χ2v) is 3.33. The highest BCUT2D eigenvalue weighted by Crippen LogP contribution is 2.07. The third kappa shape index (κ3) is 1.77. The molecule has 2 aromatic rings. The molecular weight excluding hydrogens is 198 g/mol. The number of alkyl halides is 1. The van der Waals surface area contributed by atoms with E-state index in [1.165, 1.54) is 0 Å². The third-order valence-electron chi connectivity index (χ3n) is 1.92. The van der Waals surface area contributed by atoms with Crippen LogP contribution in [0.1, 0.15) is 11.3 Å². The van der Waals surface area contributed by atoms with Crippen LogP contribution in [0.4, 0.5) is 0 Å². The fourth-order valence-corrected chi connectivity index (χ4v) is 1.33. The molecule has 0 saturated heterocycles. The molecule has 72 valence electrons. The van der Waals surface area contributed by atoms with E-state index >= 15 is 0 Å². The lowest BCUT2D eigenvalue weighted by molar-refractivity contribution is 0.831. The van der Waals surface area contributed by atoms with Crippen LogP contribution in [-0.4, -0.2) is 14.8 Å². The van der Waals surface area contributed by atoms with Crippen molar-refractivity contribution < 1.29 is 0 Å². The number of hydrogen-bond acceptors (Lipinski definition) is 2. The van der Waals surface area contributed by atoms with Gasteiger partial charge in [0.2, 0.25) is 0 Å². The molecule has 2 rings (SSSR count). The fraction of sp³-hybridized carbons (Fsp3) is 0.200. The Bertz CT molecular complexity index is 419. The van der Waals surface area contributed by atoms with Crippen LogP contribution in [0.2, 0.25) is 0 Å². The zero-order valence-electron chi connectivity index (χ0n) is 7.81. The van der Waals surface area contributed by atoms with Gasteiger partial charge in [0, 0.05) is 18.3 Å². The highest BCUT2D eigenvalue weighted by molar-refractivity contribution is 6.17. The Labute approximate surface area is 87.3 Å². The quantitative estimate of drug-likeness (QED) is 0.708. The molecule has 0 fully saturated rings. The van der Waals surface area contributed by atoms with Crippen LogP contribution >= 0.6 is 11.6 Å². The van der Waals surface area contributed by atoms with Crippen molar-refractivity contribution in [1.82, 2.24) is 14.8 Å². The van der Waals surface area contributed by atoms with Gasteiger partial charge in [-0.3, -0.25) is 0 Å². The van der Waals surface area contributed by atoms with Crippen LogP contribution in [0, 0.1) is 6.92 Å². The monoisotopic (exact) mass is 207 g/mol. The van der Waals surface area contributed by atoms with Crippen LogP contribution in [0.3, 0.4) is 0 Å². The molecule has 0 N–H and O–H groups in total. The van der Waals surface area contributed by atoms with Crippen molar-refractivity contribution in [2.24, 2.45) is 0 Å². The van der Waals surface area contributed by atoms with Crippen LogP contribution in [-0.2, 0) is 5.88 Å². The van der Waals surface area contributed by atoms with Crippen molar-refractivity contribution in [2.75, 3.05) is 0 Å². The Kier molecular flexibility index (Phi) is 2.50. The summed E-state index contributed by atoms with van der Waals surface area (Å²) < 4.78 is 1.74. The molecule has 0 aromatic carbocycles. The van der Waals surface area contributed by atoms with Crippen molar-refractivity contribution in [3.8, 4) is 5.82 Å². The molecule has 0 bridgehead atoms. The van der Waals surface area contributed by atoms with E-state index < -0.39 is 0 Å². The summed E-state index contributed by atoms with van der Waals surface area (Å²) in [5.74, 6) is 1.30. The van der Waals surface area contributed by atoms with Gasteiger partial charge in [-0.2, -0.15) is 5.10 Å². The Morgan fingerprint density at radius 3 is 2.71 bits per heavy atom. The zero-order chi connectivity index (χ0) is 9.97. The second-order valence-electron chi connectivity index (χ2n) is 3.06. The average Bonchev–Trinajstić information content (AvgIpc) is 2.65. The summed E-state index contributed by atoms with van der Waals surface area (Å²) in [5.41, 5.74) is 1.99. The summed E-state index contributed by atoms with van der Waals surface area (Å²) in [6.45, 7) is 1.95. The number of nitrogens with zero attached hydrogens (tertiary/aromatic N) is 3. The molecule has 3 nitrogen and oxygen atoms in total. The molecule has 0 amide bonds. The first-order valence-electron chi connectivity index (χ1n) is 4.33. The van der Waals surface area contributed by atoms with Gasteiger partial charge in [0.1, 0.15) is 0 Å². The van der Waals surface area contributed by atoms with Crippen molar-refractivity contribution in [3.63, 3.8) is 0 Å². The fourth-order valence-electron chi connectivity index (χ4n) is 1.17. The second kappa shape index (κ2) is 3.80. The largest absolute Gasteiger partial charge is 0.237 e. The number of aromatic nitrogens is 3. The molecule has 2 heterocycles. The van der Waals surface area contributed by atoms with E-state index in [1.54, 1.807) is 10.9 Å². The predicted octanol–water partition coefficient (Wildman–Crippen LogP) is 2.31. The number of halogens is 1. The van der Waals surface area contributed by atoms with Crippen LogP contribution < -0.4 is 0 Å². The summed E-state index contributed by atoms with van der Waals surface area (Å²) in [7, 11) is 0. The Balaban J connectivity index is 2.33. The number of pyridine rings is 1. The first-order valence-corrected chi connectivity index (χ1v) is 4.86. The lowest BCUT2D eigenvalue weighted by atomic mass is 10.3. The van der Waals surface area contributed by atoms with Crippen LogP contribution in [0.15, 0.2) is 30.6 Å². The summed E-state index contributed by atoms with van der Waals surface area (Å²) in [4.78, 5) is 4.25. The van der Waals surface area contributed by atoms with E-state index in [1.807, 2.05) is 31.3 Å². The van der Waals surface area contributed by atoms with Crippen molar-refractivity contribution in [3.05, 3.63) is 41.9 Å². The lowest BCUT2D eigenvalue weighted by Crippen LogP contribution is -1.98. The van der Waals surface area contributed by atoms with E-state index in [2.05, 4.69) is 10.1 Å². The molecule has 0 atom stereocenters. The van der Waals surface area contributed by atoms with Gasteiger partial charge in [-0.25, -0.2) is 9.67 Å². The van der Waals surface area contributed by atoms with Crippen molar-refractivity contribution >= 4 is 11.6 Å². The van der Waals surface area contributed by atoms with E-state index in [4.69, 9.17) is 11.6 Å². The van der Waals surface area contributed by atoms with Gasteiger partial charge in [-0.15, -0.1) is 11.6 Å². The molecule has 2 aromatic heterocycles. The normalized spacial score (nSPS) is 10.4. The van der Waals surface area contributed by atoms with Gasteiger partial charge in [-0.1, -0.05) is 6.07 Å². The van der Waals surface area contributed by atoms with E-state index in [0.29, 0.717) is 5.88 Å². The smallest absolute Gasteiger partial charge is 0.153 e. The maximum Gasteiger partial charge on any atom is 0.153 e. The molecule has 0 saturated carbocycles. The van der Waals surface area contributed by atoms with Gasteiger partial charge in [0.05, 0.1) is 5.69 Å². The topological polar surface area (TPSA) is 30.7 Å². The SMILES string of the molecule is Cc1ccn(-c2ccc(CCl)cn2)n1. The standard InChI is InChI=1S/C10H10ClN3/c1-8-4-5-14(13-8)10-3-2-9(6-11)7-12-10/h2-5,7H,6H2,1H3. The summed E-state index contributed by atoms with van der Waals surface area (Å²) in [6, 6.07) is 5.80. The minimum absolute atomic E-state index is 0.491. The highest BCUT2D eigenvalue weighted by atomic mass is 35.5. The van der Waals surface area contributed by atoms with Gasteiger partial charge in [-0.05, 0) is 24.6 Å².